The van der Waals surface area contributed by atoms with Gasteiger partial charge in [-0.15, -0.1) is 6.58 Å². The highest BCUT2D eigenvalue weighted by Gasteiger charge is 2.03. The fourth-order valence-electron chi connectivity index (χ4n) is 0.878. The molecule has 4 N–H and O–H groups in total. The van der Waals surface area contributed by atoms with Crippen LogP contribution in [0.15, 0.2) is 29.6 Å². The van der Waals surface area contributed by atoms with Crippen molar-refractivity contribution in [2.45, 2.75) is 6.04 Å². The molecule has 0 amide bonds. The molecular formula is C8H10N2O2. The van der Waals surface area contributed by atoms with Crippen molar-refractivity contribution in [2.24, 2.45) is 5.73 Å². The fourth-order valence-corrected chi connectivity index (χ4v) is 0.878. The maximum atomic E-state index is 10.8. The molecule has 0 fully saturated rings. The molecule has 1 aromatic rings. The summed E-state index contributed by atoms with van der Waals surface area (Å²) in [5, 5.41) is 8.99. The van der Waals surface area contributed by atoms with Crippen LogP contribution in [0, 0.1) is 0 Å². The topological polar surface area (TPSA) is 79.1 Å². The normalized spacial score (nSPS) is 12.4. The Labute approximate surface area is 69.4 Å². The maximum absolute atomic E-state index is 10.8. The molecule has 0 radical (unpaired) electrons. The minimum atomic E-state index is -0.418. The molecule has 1 heterocycles. The molecule has 1 unspecified atom stereocenters. The molecule has 0 aliphatic rings. The molecule has 0 bridgehead atoms. The lowest BCUT2D eigenvalue weighted by Crippen LogP contribution is -2.12. The van der Waals surface area contributed by atoms with E-state index in [-0.39, 0.29) is 11.4 Å². The zero-order chi connectivity index (χ0) is 9.14. The molecule has 1 atom stereocenters. The van der Waals surface area contributed by atoms with Gasteiger partial charge in [0.1, 0.15) is 0 Å². The molecule has 0 aliphatic carbocycles. The van der Waals surface area contributed by atoms with E-state index in [1.807, 2.05) is 0 Å². The lowest BCUT2D eigenvalue weighted by Gasteiger charge is -2.04. The van der Waals surface area contributed by atoms with E-state index in [1.54, 1.807) is 0 Å². The van der Waals surface area contributed by atoms with Gasteiger partial charge in [0, 0.05) is 18.2 Å². The highest BCUT2D eigenvalue weighted by molar-refractivity contribution is 5.24. The first-order chi connectivity index (χ1) is 5.63. The second kappa shape index (κ2) is 3.23. The van der Waals surface area contributed by atoms with E-state index >= 15 is 0 Å². The Balaban J connectivity index is 3.17. The number of pyridine rings is 1. The van der Waals surface area contributed by atoms with Crippen LogP contribution in [0.1, 0.15) is 11.6 Å². The number of aromatic hydroxyl groups is 1. The smallest absolute Gasteiger partial charge is 0.251 e. The SMILES string of the molecule is C=CC(N)c1cc(O)[nH]c(=O)c1. The standard InChI is InChI=1S/C8H10N2O2/c1-2-6(9)5-3-7(11)10-8(12)4-5/h2-4,6H,1,9H2,(H2,10,11,12). The Bertz CT molecular complexity index is 343. The monoisotopic (exact) mass is 166 g/mol. The van der Waals surface area contributed by atoms with E-state index in [0.29, 0.717) is 5.56 Å². The molecule has 0 saturated heterocycles. The Morgan fingerprint density at radius 2 is 2.33 bits per heavy atom. The van der Waals surface area contributed by atoms with Crippen LogP contribution in [-0.2, 0) is 0 Å². The largest absolute Gasteiger partial charge is 0.495 e. The second-order valence-corrected chi connectivity index (χ2v) is 2.42. The van der Waals surface area contributed by atoms with E-state index in [0.717, 1.165) is 0 Å². The predicted octanol–water partition coefficient (Wildman–Crippen LogP) is 0.266. The van der Waals surface area contributed by atoms with Crippen molar-refractivity contribution >= 4 is 0 Å². The first-order valence-corrected chi connectivity index (χ1v) is 3.45. The highest BCUT2D eigenvalue weighted by atomic mass is 16.3. The summed E-state index contributed by atoms with van der Waals surface area (Å²) in [4.78, 5) is 13.0. The third-order valence-electron chi connectivity index (χ3n) is 1.49. The number of H-pyrrole nitrogens is 1. The number of rotatable bonds is 2. The van der Waals surface area contributed by atoms with Crippen LogP contribution >= 0.6 is 0 Å². The summed E-state index contributed by atoms with van der Waals surface area (Å²) in [6, 6.07) is 2.30. The highest BCUT2D eigenvalue weighted by Crippen LogP contribution is 2.11. The molecular weight excluding hydrogens is 156 g/mol. The van der Waals surface area contributed by atoms with Crippen LogP contribution in [0.2, 0.25) is 0 Å². The van der Waals surface area contributed by atoms with Crippen LogP contribution in [0.4, 0.5) is 0 Å². The number of aromatic amines is 1. The average Bonchev–Trinajstić information content (AvgIpc) is 2.01. The van der Waals surface area contributed by atoms with Crippen LogP contribution in [0.3, 0.4) is 0 Å². The summed E-state index contributed by atoms with van der Waals surface area (Å²) in [7, 11) is 0. The van der Waals surface area contributed by atoms with Gasteiger partial charge >= 0.3 is 0 Å². The molecule has 4 heteroatoms. The molecule has 0 aromatic carbocycles. The quantitative estimate of drug-likeness (QED) is 0.551. The second-order valence-electron chi connectivity index (χ2n) is 2.42. The van der Waals surface area contributed by atoms with Crippen molar-refractivity contribution in [2.75, 3.05) is 0 Å². The van der Waals surface area contributed by atoms with E-state index in [4.69, 9.17) is 10.8 Å². The van der Waals surface area contributed by atoms with Gasteiger partial charge in [0.15, 0.2) is 5.88 Å². The van der Waals surface area contributed by atoms with Crippen molar-refractivity contribution in [1.82, 2.24) is 4.98 Å². The number of nitrogens with two attached hydrogens (primary N) is 1. The number of hydrogen-bond donors (Lipinski definition) is 3. The van der Waals surface area contributed by atoms with E-state index < -0.39 is 6.04 Å². The van der Waals surface area contributed by atoms with Gasteiger partial charge in [0.2, 0.25) is 0 Å². The predicted molar refractivity (Wildman–Crippen MR) is 45.9 cm³/mol. The maximum Gasteiger partial charge on any atom is 0.251 e. The zero-order valence-corrected chi connectivity index (χ0v) is 6.45. The van der Waals surface area contributed by atoms with Gasteiger partial charge in [0.05, 0.1) is 0 Å². The Kier molecular flexibility index (Phi) is 2.30. The number of hydrogen-bond acceptors (Lipinski definition) is 3. The first-order valence-electron chi connectivity index (χ1n) is 3.45. The Hall–Kier alpha value is -1.55. The van der Waals surface area contributed by atoms with Gasteiger partial charge in [-0.1, -0.05) is 6.08 Å². The number of nitrogens with one attached hydrogen (secondary N) is 1. The van der Waals surface area contributed by atoms with Crippen LogP contribution < -0.4 is 11.3 Å². The first kappa shape index (κ1) is 8.55. The molecule has 12 heavy (non-hydrogen) atoms. The summed E-state index contributed by atoms with van der Waals surface area (Å²) in [6.07, 6.45) is 1.49. The average molecular weight is 166 g/mol. The molecule has 0 aliphatic heterocycles. The molecule has 0 saturated carbocycles. The van der Waals surface area contributed by atoms with Gasteiger partial charge in [-0.3, -0.25) is 9.78 Å². The summed E-state index contributed by atoms with van der Waals surface area (Å²) in [6.45, 7) is 3.48. The minimum Gasteiger partial charge on any atom is -0.495 e. The van der Waals surface area contributed by atoms with E-state index in [9.17, 15) is 4.79 Å². The summed E-state index contributed by atoms with van der Waals surface area (Å²) in [5.41, 5.74) is 5.72. The molecule has 0 spiro atoms. The zero-order valence-electron chi connectivity index (χ0n) is 6.45. The lowest BCUT2D eigenvalue weighted by molar-refractivity contribution is 0.450. The molecule has 4 nitrogen and oxygen atoms in total. The van der Waals surface area contributed by atoms with Gasteiger partial charge in [-0.25, -0.2) is 0 Å². The van der Waals surface area contributed by atoms with Gasteiger partial charge in [-0.2, -0.15) is 0 Å². The van der Waals surface area contributed by atoms with Crippen molar-refractivity contribution < 1.29 is 5.11 Å². The Morgan fingerprint density at radius 3 is 2.83 bits per heavy atom. The van der Waals surface area contributed by atoms with Crippen molar-refractivity contribution in [3.63, 3.8) is 0 Å². The van der Waals surface area contributed by atoms with Gasteiger partial charge in [0.25, 0.3) is 5.56 Å². The minimum absolute atomic E-state index is 0.185. The molecule has 1 aromatic heterocycles. The van der Waals surface area contributed by atoms with Crippen LogP contribution in [0.5, 0.6) is 5.88 Å². The third kappa shape index (κ3) is 1.73. The van der Waals surface area contributed by atoms with Crippen LogP contribution in [-0.4, -0.2) is 10.1 Å². The summed E-state index contributed by atoms with van der Waals surface area (Å²) in [5.74, 6) is -0.185. The summed E-state index contributed by atoms with van der Waals surface area (Å²) >= 11 is 0. The molecule has 1 rings (SSSR count). The fraction of sp³-hybridized carbons (Fsp3) is 0.125. The van der Waals surface area contributed by atoms with E-state index in [1.165, 1.54) is 18.2 Å². The number of aromatic nitrogens is 1. The third-order valence-corrected chi connectivity index (χ3v) is 1.49. The Morgan fingerprint density at radius 1 is 1.67 bits per heavy atom. The van der Waals surface area contributed by atoms with Crippen LogP contribution in [0.25, 0.3) is 0 Å². The molecule has 64 valence electrons. The lowest BCUT2D eigenvalue weighted by atomic mass is 10.1. The van der Waals surface area contributed by atoms with E-state index in [2.05, 4.69) is 11.6 Å². The summed E-state index contributed by atoms with van der Waals surface area (Å²) < 4.78 is 0. The van der Waals surface area contributed by atoms with Gasteiger partial charge < -0.3 is 10.8 Å². The van der Waals surface area contributed by atoms with Crippen molar-refractivity contribution in [3.8, 4) is 5.88 Å². The van der Waals surface area contributed by atoms with Crippen molar-refractivity contribution in [1.29, 1.82) is 0 Å². The van der Waals surface area contributed by atoms with Crippen molar-refractivity contribution in [3.05, 3.63) is 40.7 Å². The van der Waals surface area contributed by atoms with Gasteiger partial charge in [-0.05, 0) is 5.56 Å².